The molecule has 0 bridgehead atoms. The highest BCUT2D eigenvalue weighted by Gasteiger charge is 2.11. The van der Waals surface area contributed by atoms with E-state index in [1.54, 1.807) is 0 Å². The number of aromatic nitrogens is 2. The van der Waals surface area contributed by atoms with Crippen molar-refractivity contribution in [3.05, 3.63) is 28.2 Å². The Balaban J connectivity index is 2.54. The number of nitrogens with one attached hydrogen (secondary N) is 1. The van der Waals surface area contributed by atoms with Gasteiger partial charge >= 0.3 is 0 Å². The zero-order valence-corrected chi connectivity index (χ0v) is 11.3. The Bertz CT molecular complexity index is 454. The molecule has 1 amide bonds. The summed E-state index contributed by atoms with van der Waals surface area (Å²) in [4.78, 5) is 23.0. The average Bonchev–Trinajstić information content (AvgIpc) is 2.33. The molecule has 0 aromatic carbocycles. The van der Waals surface area contributed by atoms with Crippen LogP contribution >= 0.6 is 0 Å². The first-order chi connectivity index (χ1) is 8.54. The van der Waals surface area contributed by atoms with Gasteiger partial charge < -0.3 is 5.32 Å². The van der Waals surface area contributed by atoms with Crippen molar-refractivity contribution in [2.45, 2.75) is 45.6 Å². The van der Waals surface area contributed by atoms with Crippen molar-refractivity contribution >= 4 is 5.91 Å². The summed E-state index contributed by atoms with van der Waals surface area (Å²) in [5.41, 5.74) is 0.0574. The molecule has 1 unspecified atom stereocenters. The van der Waals surface area contributed by atoms with Crippen molar-refractivity contribution in [1.29, 1.82) is 0 Å². The number of carbonyl (C=O) groups excluding carboxylic acids is 1. The van der Waals surface area contributed by atoms with Gasteiger partial charge in [-0.2, -0.15) is 5.10 Å². The standard InChI is InChI=1S/C13H21N3O2/c1-4-5-6-7-10(2)14-13(18)11-8-9-12(17)16(3)15-11/h8-10H,4-7H2,1-3H3,(H,14,18). The minimum absolute atomic E-state index is 0.128. The summed E-state index contributed by atoms with van der Waals surface area (Å²) < 4.78 is 1.16. The number of nitrogens with zero attached hydrogens (tertiary/aromatic N) is 2. The van der Waals surface area contributed by atoms with E-state index in [2.05, 4.69) is 17.3 Å². The maximum atomic E-state index is 11.9. The van der Waals surface area contributed by atoms with Crippen LogP contribution in [-0.4, -0.2) is 21.7 Å². The van der Waals surface area contributed by atoms with Gasteiger partial charge in [0.2, 0.25) is 0 Å². The number of hydrogen-bond acceptors (Lipinski definition) is 3. The van der Waals surface area contributed by atoms with Crippen LogP contribution < -0.4 is 10.9 Å². The molecule has 5 heteroatoms. The van der Waals surface area contributed by atoms with Crippen LogP contribution in [-0.2, 0) is 7.05 Å². The van der Waals surface area contributed by atoms with E-state index in [0.29, 0.717) is 0 Å². The lowest BCUT2D eigenvalue weighted by atomic mass is 10.1. The zero-order valence-electron chi connectivity index (χ0n) is 11.3. The van der Waals surface area contributed by atoms with Crippen LogP contribution in [0.5, 0.6) is 0 Å². The summed E-state index contributed by atoms with van der Waals surface area (Å²) >= 11 is 0. The van der Waals surface area contributed by atoms with Crippen LogP contribution in [0, 0.1) is 0 Å². The lowest BCUT2D eigenvalue weighted by Crippen LogP contribution is -2.34. The molecule has 1 heterocycles. The first-order valence-electron chi connectivity index (χ1n) is 6.39. The largest absolute Gasteiger partial charge is 0.348 e. The molecule has 1 rings (SSSR count). The van der Waals surface area contributed by atoms with E-state index in [1.165, 1.54) is 32.0 Å². The second-order valence-corrected chi connectivity index (χ2v) is 4.55. The maximum Gasteiger partial charge on any atom is 0.271 e. The van der Waals surface area contributed by atoms with E-state index in [1.807, 2.05) is 6.92 Å². The Morgan fingerprint density at radius 1 is 1.44 bits per heavy atom. The SMILES string of the molecule is CCCCCC(C)NC(=O)c1ccc(=O)n(C)n1. The molecular weight excluding hydrogens is 230 g/mol. The number of carbonyl (C=O) groups is 1. The second-order valence-electron chi connectivity index (χ2n) is 4.55. The number of amides is 1. The fourth-order valence-electron chi connectivity index (χ4n) is 1.69. The summed E-state index contributed by atoms with van der Waals surface area (Å²) in [6.07, 6.45) is 4.42. The van der Waals surface area contributed by atoms with E-state index in [-0.39, 0.29) is 23.2 Å². The van der Waals surface area contributed by atoms with Crippen LogP contribution in [0.3, 0.4) is 0 Å². The summed E-state index contributed by atoms with van der Waals surface area (Å²) in [6.45, 7) is 4.13. The van der Waals surface area contributed by atoms with Crippen molar-refractivity contribution < 1.29 is 4.79 Å². The first kappa shape index (κ1) is 14.4. The van der Waals surface area contributed by atoms with E-state index >= 15 is 0 Å². The van der Waals surface area contributed by atoms with Gasteiger partial charge in [0.1, 0.15) is 5.69 Å². The summed E-state index contributed by atoms with van der Waals surface area (Å²) in [5.74, 6) is -0.227. The van der Waals surface area contributed by atoms with Crippen LogP contribution in [0.4, 0.5) is 0 Å². The Labute approximate surface area is 107 Å². The van der Waals surface area contributed by atoms with Gasteiger partial charge in [0.05, 0.1) is 0 Å². The molecule has 18 heavy (non-hydrogen) atoms. The van der Waals surface area contributed by atoms with Crippen molar-refractivity contribution in [2.24, 2.45) is 7.05 Å². The first-order valence-corrected chi connectivity index (χ1v) is 6.39. The number of rotatable bonds is 6. The van der Waals surface area contributed by atoms with Crippen molar-refractivity contribution in [3.8, 4) is 0 Å². The molecule has 0 spiro atoms. The van der Waals surface area contributed by atoms with Gasteiger partial charge in [0.15, 0.2) is 0 Å². The monoisotopic (exact) mass is 251 g/mol. The van der Waals surface area contributed by atoms with E-state index in [0.717, 1.165) is 17.5 Å². The van der Waals surface area contributed by atoms with Crippen molar-refractivity contribution in [1.82, 2.24) is 15.1 Å². The van der Waals surface area contributed by atoms with Crippen molar-refractivity contribution in [3.63, 3.8) is 0 Å². The van der Waals surface area contributed by atoms with Gasteiger partial charge in [-0.05, 0) is 19.4 Å². The summed E-state index contributed by atoms with van der Waals surface area (Å²) in [6, 6.07) is 2.93. The molecule has 1 aromatic heterocycles. The molecule has 0 saturated carbocycles. The minimum atomic E-state index is -0.227. The van der Waals surface area contributed by atoms with Gasteiger partial charge in [-0.15, -0.1) is 0 Å². The molecule has 1 aromatic rings. The average molecular weight is 251 g/mol. The van der Waals surface area contributed by atoms with E-state index in [4.69, 9.17) is 0 Å². The third kappa shape index (κ3) is 4.31. The quantitative estimate of drug-likeness (QED) is 0.779. The predicted molar refractivity (Wildman–Crippen MR) is 70.5 cm³/mol. The van der Waals surface area contributed by atoms with Crippen LogP contribution in [0.15, 0.2) is 16.9 Å². The molecule has 0 saturated heterocycles. The fraction of sp³-hybridized carbons (Fsp3) is 0.615. The maximum absolute atomic E-state index is 11.9. The molecule has 1 N–H and O–H groups in total. The molecule has 0 aliphatic carbocycles. The summed E-state index contributed by atoms with van der Waals surface area (Å²) in [7, 11) is 1.53. The number of unbranched alkanes of at least 4 members (excludes halogenated alkanes) is 2. The van der Waals surface area contributed by atoms with Gasteiger partial charge in [-0.3, -0.25) is 9.59 Å². The van der Waals surface area contributed by atoms with Crippen LogP contribution in [0.1, 0.15) is 50.0 Å². The molecule has 100 valence electrons. The fourth-order valence-corrected chi connectivity index (χ4v) is 1.69. The molecule has 5 nitrogen and oxygen atoms in total. The summed E-state index contributed by atoms with van der Waals surface area (Å²) in [5, 5.41) is 6.80. The zero-order chi connectivity index (χ0) is 13.5. The van der Waals surface area contributed by atoms with Gasteiger partial charge in [0.25, 0.3) is 11.5 Å². The number of hydrogen-bond donors (Lipinski definition) is 1. The molecule has 0 aliphatic heterocycles. The topological polar surface area (TPSA) is 64.0 Å². The molecular formula is C13H21N3O2. The van der Waals surface area contributed by atoms with E-state index < -0.39 is 0 Å². The van der Waals surface area contributed by atoms with Gasteiger partial charge in [-0.1, -0.05) is 26.2 Å². The Hall–Kier alpha value is -1.65. The molecule has 0 radical (unpaired) electrons. The Morgan fingerprint density at radius 2 is 2.17 bits per heavy atom. The van der Waals surface area contributed by atoms with Gasteiger partial charge in [0, 0.05) is 19.2 Å². The minimum Gasteiger partial charge on any atom is -0.348 e. The van der Waals surface area contributed by atoms with Crippen molar-refractivity contribution in [2.75, 3.05) is 0 Å². The lowest BCUT2D eigenvalue weighted by molar-refractivity contribution is 0.0930. The molecule has 0 fully saturated rings. The third-order valence-electron chi connectivity index (χ3n) is 2.81. The van der Waals surface area contributed by atoms with Gasteiger partial charge in [-0.25, -0.2) is 4.68 Å². The predicted octanol–water partition coefficient (Wildman–Crippen LogP) is 1.48. The van der Waals surface area contributed by atoms with Crippen LogP contribution in [0.25, 0.3) is 0 Å². The molecule has 0 aliphatic rings. The highest BCUT2D eigenvalue weighted by atomic mass is 16.2. The van der Waals surface area contributed by atoms with E-state index in [9.17, 15) is 9.59 Å². The normalized spacial score (nSPS) is 12.2. The number of aryl methyl sites for hydroxylation is 1. The molecule has 1 atom stereocenters. The lowest BCUT2D eigenvalue weighted by Gasteiger charge is -2.13. The highest BCUT2D eigenvalue weighted by Crippen LogP contribution is 2.03. The second kappa shape index (κ2) is 6.93. The third-order valence-corrected chi connectivity index (χ3v) is 2.81. The van der Waals surface area contributed by atoms with Crippen LogP contribution in [0.2, 0.25) is 0 Å². The smallest absolute Gasteiger partial charge is 0.271 e. The Kier molecular flexibility index (Phi) is 5.55. The highest BCUT2D eigenvalue weighted by molar-refractivity contribution is 5.92. The Morgan fingerprint density at radius 3 is 2.78 bits per heavy atom.